The number of aromatic amines is 1. The van der Waals surface area contributed by atoms with Crippen LogP contribution >= 0.6 is 0 Å². The highest BCUT2D eigenvalue weighted by Gasteiger charge is 2.31. The van der Waals surface area contributed by atoms with E-state index in [1.807, 2.05) is 59.6 Å². The van der Waals surface area contributed by atoms with Crippen LogP contribution < -0.4 is 5.48 Å². The van der Waals surface area contributed by atoms with Crippen LogP contribution in [-0.2, 0) is 17.6 Å². The van der Waals surface area contributed by atoms with Crippen LogP contribution in [0.4, 0.5) is 0 Å². The molecule has 35 heavy (non-hydrogen) atoms. The molecule has 0 radical (unpaired) electrons. The molecule has 1 atom stereocenters. The highest BCUT2D eigenvalue weighted by molar-refractivity contribution is 5.94. The molecule has 3 N–H and O–H groups in total. The van der Waals surface area contributed by atoms with Crippen molar-refractivity contribution in [1.82, 2.24) is 15.4 Å². The molecule has 0 fully saturated rings. The third kappa shape index (κ3) is 4.74. The zero-order chi connectivity index (χ0) is 24.2. The number of hydrogen-bond donors (Lipinski definition) is 3. The van der Waals surface area contributed by atoms with Crippen molar-refractivity contribution in [2.24, 2.45) is 0 Å². The van der Waals surface area contributed by atoms with Gasteiger partial charge < -0.3 is 9.88 Å². The molecule has 1 aliphatic rings. The summed E-state index contributed by atoms with van der Waals surface area (Å²) in [6.45, 7) is 0.609. The molecule has 0 saturated carbocycles. The number of carbonyl (C=O) groups is 2. The lowest BCUT2D eigenvalue weighted by molar-refractivity contribution is -0.124. The number of aryl methyl sites for hydroxylation is 1. The van der Waals surface area contributed by atoms with Crippen molar-refractivity contribution in [2.75, 3.05) is 6.54 Å². The highest BCUT2D eigenvalue weighted by atomic mass is 16.5. The minimum Gasteiger partial charge on any atom is -0.361 e. The number of aromatic nitrogens is 1. The number of hydroxylamine groups is 1. The number of hydrogen-bond acceptors (Lipinski definition) is 3. The fraction of sp³-hybridized carbons (Fsp3) is 0.172. The Morgan fingerprint density at radius 1 is 1.06 bits per heavy atom. The first-order valence-corrected chi connectivity index (χ1v) is 11.8. The Morgan fingerprint density at radius 2 is 1.86 bits per heavy atom. The number of rotatable bonds is 7. The number of nitrogens with zero attached hydrogens (tertiary/aromatic N) is 1. The summed E-state index contributed by atoms with van der Waals surface area (Å²) in [6.07, 6.45) is 7.47. The van der Waals surface area contributed by atoms with Gasteiger partial charge >= 0.3 is 0 Å². The highest BCUT2D eigenvalue weighted by Crippen LogP contribution is 2.37. The van der Waals surface area contributed by atoms with Gasteiger partial charge in [0.25, 0.3) is 11.8 Å². The Bertz CT molecular complexity index is 1390. The maximum Gasteiger partial charge on any atom is 0.267 e. The minimum atomic E-state index is -0.569. The quantitative estimate of drug-likeness (QED) is 0.203. The van der Waals surface area contributed by atoms with Crippen molar-refractivity contribution in [2.45, 2.75) is 25.3 Å². The van der Waals surface area contributed by atoms with E-state index in [-0.39, 0.29) is 11.9 Å². The first-order chi connectivity index (χ1) is 17.1. The maximum absolute atomic E-state index is 13.7. The Morgan fingerprint density at radius 3 is 2.69 bits per heavy atom. The van der Waals surface area contributed by atoms with Crippen molar-refractivity contribution in [3.63, 3.8) is 0 Å². The van der Waals surface area contributed by atoms with E-state index >= 15 is 0 Å². The summed E-state index contributed by atoms with van der Waals surface area (Å²) in [5.41, 5.74) is 7.81. The Hall–Kier alpha value is -4.16. The van der Waals surface area contributed by atoms with Crippen LogP contribution in [0.25, 0.3) is 17.0 Å². The normalized spacial score (nSPS) is 14.8. The summed E-state index contributed by atoms with van der Waals surface area (Å²) in [5.74, 6) is -0.535. The number of amides is 2. The molecule has 1 heterocycles. The Labute approximate surface area is 203 Å². The van der Waals surface area contributed by atoms with Crippen molar-refractivity contribution in [1.29, 1.82) is 0 Å². The first kappa shape index (κ1) is 22.6. The van der Waals surface area contributed by atoms with Gasteiger partial charge in [-0.25, -0.2) is 5.48 Å². The fourth-order valence-corrected chi connectivity index (χ4v) is 4.98. The molecule has 0 saturated heterocycles. The number of para-hydroxylation sites is 1. The minimum absolute atomic E-state index is 0.0123. The summed E-state index contributed by atoms with van der Waals surface area (Å²) >= 11 is 0. The molecule has 6 nitrogen and oxygen atoms in total. The van der Waals surface area contributed by atoms with Crippen LogP contribution in [0.3, 0.4) is 0 Å². The molecule has 5 rings (SSSR count). The van der Waals surface area contributed by atoms with Crippen LogP contribution in [0.5, 0.6) is 0 Å². The van der Waals surface area contributed by atoms with Gasteiger partial charge in [0.05, 0.1) is 6.04 Å². The fourth-order valence-electron chi connectivity index (χ4n) is 4.98. The number of carbonyl (C=O) groups excluding carboxylic acids is 2. The third-order valence-corrected chi connectivity index (χ3v) is 6.71. The molecule has 3 aromatic carbocycles. The van der Waals surface area contributed by atoms with E-state index in [2.05, 4.69) is 29.2 Å². The molecule has 1 unspecified atom stereocenters. The number of benzene rings is 3. The second-order valence-corrected chi connectivity index (χ2v) is 8.80. The molecule has 0 spiro atoms. The smallest absolute Gasteiger partial charge is 0.267 e. The molecule has 0 aliphatic heterocycles. The predicted octanol–water partition coefficient (Wildman–Crippen LogP) is 5.06. The van der Waals surface area contributed by atoms with Gasteiger partial charge in [0.1, 0.15) is 0 Å². The lowest BCUT2D eigenvalue weighted by Crippen LogP contribution is -2.35. The molecule has 1 aliphatic carbocycles. The second kappa shape index (κ2) is 9.99. The van der Waals surface area contributed by atoms with E-state index in [4.69, 9.17) is 5.21 Å². The molecule has 2 amide bonds. The number of nitrogens with one attached hydrogen (secondary N) is 2. The molecule has 176 valence electrons. The average molecular weight is 466 g/mol. The Kier molecular flexibility index (Phi) is 6.46. The molecule has 0 bridgehead atoms. The van der Waals surface area contributed by atoms with Crippen molar-refractivity contribution in [3.8, 4) is 0 Å². The lowest BCUT2D eigenvalue weighted by atomic mass is 10.0. The van der Waals surface area contributed by atoms with Gasteiger partial charge in [-0.1, -0.05) is 54.6 Å². The van der Waals surface area contributed by atoms with Gasteiger partial charge in [-0.05, 0) is 65.8 Å². The molecular formula is C29H27N3O3. The molecule has 6 heteroatoms. The van der Waals surface area contributed by atoms with Crippen LogP contribution in [0, 0.1) is 0 Å². The van der Waals surface area contributed by atoms with Crippen LogP contribution in [0.15, 0.2) is 85.1 Å². The molecule has 1 aromatic heterocycles. The predicted molar refractivity (Wildman–Crippen MR) is 136 cm³/mol. The molecule has 4 aromatic rings. The van der Waals surface area contributed by atoms with Crippen LogP contribution in [0.2, 0.25) is 0 Å². The topological polar surface area (TPSA) is 85.4 Å². The van der Waals surface area contributed by atoms with Gasteiger partial charge in [0, 0.05) is 35.3 Å². The van der Waals surface area contributed by atoms with Gasteiger partial charge in [0.2, 0.25) is 0 Å². The van der Waals surface area contributed by atoms with E-state index in [0.29, 0.717) is 12.1 Å². The third-order valence-electron chi connectivity index (χ3n) is 6.71. The zero-order valence-corrected chi connectivity index (χ0v) is 19.3. The van der Waals surface area contributed by atoms with E-state index in [0.717, 1.165) is 35.9 Å². The van der Waals surface area contributed by atoms with Gasteiger partial charge in [-0.3, -0.25) is 14.8 Å². The van der Waals surface area contributed by atoms with Crippen molar-refractivity contribution >= 4 is 28.8 Å². The van der Waals surface area contributed by atoms with E-state index in [1.54, 1.807) is 11.6 Å². The first-order valence-electron chi connectivity index (χ1n) is 11.8. The Balaban J connectivity index is 1.43. The van der Waals surface area contributed by atoms with E-state index in [1.165, 1.54) is 22.6 Å². The van der Waals surface area contributed by atoms with Crippen LogP contribution in [-0.4, -0.2) is 33.5 Å². The second-order valence-electron chi connectivity index (χ2n) is 8.80. The monoisotopic (exact) mass is 465 g/mol. The number of H-pyrrole nitrogens is 1. The van der Waals surface area contributed by atoms with Crippen molar-refractivity contribution in [3.05, 3.63) is 113 Å². The van der Waals surface area contributed by atoms with Crippen LogP contribution in [0.1, 0.15) is 45.1 Å². The summed E-state index contributed by atoms with van der Waals surface area (Å²) < 4.78 is 0. The summed E-state index contributed by atoms with van der Waals surface area (Å²) in [4.78, 5) is 30.4. The van der Waals surface area contributed by atoms with Gasteiger partial charge in [-0.15, -0.1) is 0 Å². The summed E-state index contributed by atoms with van der Waals surface area (Å²) in [5, 5.41) is 9.89. The van der Waals surface area contributed by atoms with Gasteiger partial charge in [0.15, 0.2) is 0 Å². The standard InChI is InChI=1S/C29H27N3O3/c33-28(31-35)15-11-20-10-13-25-22(18-20)12-14-27(25)32(29(34)21-6-2-1-3-7-21)17-16-23-19-30-26-9-5-4-8-24(23)26/h1-11,13,15,18-19,27,30,35H,12,14,16-17H2,(H,31,33). The summed E-state index contributed by atoms with van der Waals surface area (Å²) in [6, 6.07) is 23.7. The maximum atomic E-state index is 13.7. The van der Waals surface area contributed by atoms with E-state index in [9.17, 15) is 9.59 Å². The SMILES string of the molecule is O=C(C=Cc1ccc2c(c1)CCC2N(CCc1c[nH]c2ccccc12)C(=O)c1ccccc1)NO. The lowest BCUT2D eigenvalue weighted by Gasteiger charge is -2.30. The van der Waals surface area contributed by atoms with Gasteiger partial charge in [-0.2, -0.15) is 0 Å². The van der Waals surface area contributed by atoms with E-state index < -0.39 is 5.91 Å². The average Bonchev–Trinajstić information content (AvgIpc) is 3.52. The molecular weight excluding hydrogens is 438 g/mol. The van der Waals surface area contributed by atoms with Crippen molar-refractivity contribution < 1.29 is 14.8 Å². The summed E-state index contributed by atoms with van der Waals surface area (Å²) in [7, 11) is 0. The number of fused-ring (bicyclic) bond motifs is 2. The zero-order valence-electron chi connectivity index (χ0n) is 19.3. The largest absolute Gasteiger partial charge is 0.361 e.